The van der Waals surface area contributed by atoms with E-state index in [1.165, 1.54) is 25.9 Å². The molecule has 0 radical (unpaired) electrons. The fourth-order valence-corrected chi connectivity index (χ4v) is 3.07. The van der Waals surface area contributed by atoms with Crippen molar-refractivity contribution >= 4 is 5.91 Å². The van der Waals surface area contributed by atoms with Gasteiger partial charge in [-0.3, -0.25) is 14.6 Å². The lowest BCUT2D eigenvalue weighted by Crippen LogP contribution is -2.46. The molecule has 0 unspecified atom stereocenters. The maximum atomic E-state index is 12.3. The molecule has 114 valence electrons. The molecular formula is C17H25N3O. The zero-order chi connectivity index (χ0) is 14.8. The first-order valence-electron chi connectivity index (χ1n) is 7.91. The van der Waals surface area contributed by atoms with Crippen LogP contribution in [0.25, 0.3) is 0 Å². The first-order valence-corrected chi connectivity index (χ1v) is 7.91. The fraction of sp³-hybridized carbons (Fsp3) is 0.588. The van der Waals surface area contributed by atoms with Crippen molar-refractivity contribution in [3.8, 4) is 0 Å². The van der Waals surface area contributed by atoms with E-state index >= 15 is 0 Å². The van der Waals surface area contributed by atoms with Crippen LogP contribution in [0.5, 0.6) is 0 Å². The van der Waals surface area contributed by atoms with Gasteiger partial charge in [0.05, 0.1) is 0 Å². The molecule has 1 heterocycles. The van der Waals surface area contributed by atoms with Crippen LogP contribution >= 0.6 is 0 Å². The Hall–Kier alpha value is -1.39. The molecule has 0 N–H and O–H groups in total. The van der Waals surface area contributed by atoms with E-state index in [2.05, 4.69) is 15.9 Å². The summed E-state index contributed by atoms with van der Waals surface area (Å²) in [6, 6.07) is 8.88. The first-order chi connectivity index (χ1) is 10.1. The van der Waals surface area contributed by atoms with Gasteiger partial charge in [0.25, 0.3) is 5.91 Å². The highest BCUT2D eigenvalue weighted by atomic mass is 16.2. The molecule has 1 aliphatic carbocycles. The second-order valence-corrected chi connectivity index (χ2v) is 6.40. The van der Waals surface area contributed by atoms with Crippen LogP contribution in [0.2, 0.25) is 0 Å². The van der Waals surface area contributed by atoms with Gasteiger partial charge in [-0.15, -0.1) is 0 Å². The van der Waals surface area contributed by atoms with E-state index < -0.39 is 0 Å². The van der Waals surface area contributed by atoms with Gasteiger partial charge in [0, 0.05) is 58.4 Å². The molecule has 1 amide bonds. The predicted octanol–water partition coefficient (Wildman–Crippen LogP) is 1.67. The van der Waals surface area contributed by atoms with Gasteiger partial charge in [0.1, 0.15) is 0 Å². The van der Waals surface area contributed by atoms with Crippen LogP contribution in [0.15, 0.2) is 24.3 Å². The molecule has 3 rings (SSSR count). The number of benzene rings is 1. The summed E-state index contributed by atoms with van der Waals surface area (Å²) in [6.07, 6.45) is 2.78. The van der Waals surface area contributed by atoms with Gasteiger partial charge in [-0.25, -0.2) is 0 Å². The number of piperazine rings is 1. The van der Waals surface area contributed by atoms with E-state index in [9.17, 15) is 4.79 Å². The minimum Gasteiger partial charge on any atom is -0.345 e. The van der Waals surface area contributed by atoms with Crippen molar-refractivity contribution in [1.29, 1.82) is 0 Å². The Bertz CT molecular complexity index is 503. The Morgan fingerprint density at radius 1 is 1.14 bits per heavy atom. The SMILES string of the molecule is CN(C)C(=O)c1ccccc1CN1CCN(C2CC2)CC1. The zero-order valence-corrected chi connectivity index (χ0v) is 13.1. The second kappa shape index (κ2) is 6.16. The average molecular weight is 287 g/mol. The lowest BCUT2D eigenvalue weighted by atomic mass is 10.1. The molecular weight excluding hydrogens is 262 g/mol. The summed E-state index contributed by atoms with van der Waals surface area (Å²) >= 11 is 0. The summed E-state index contributed by atoms with van der Waals surface area (Å²) in [6.45, 7) is 5.46. The van der Waals surface area contributed by atoms with E-state index in [4.69, 9.17) is 0 Å². The number of hydrogen-bond donors (Lipinski definition) is 0. The molecule has 2 aliphatic rings. The van der Waals surface area contributed by atoms with Gasteiger partial charge in [-0.05, 0) is 24.5 Å². The third kappa shape index (κ3) is 3.44. The van der Waals surface area contributed by atoms with Gasteiger partial charge in [-0.1, -0.05) is 18.2 Å². The highest BCUT2D eigenvalue weighted by Crippen LogP contribution is 2.27. The summed E-state index contributed by atoms with van der Waals surface area (Å²) in [7, 11) is 3.63. The molecule has 1 aliphatic heterocycles. The topological polar surface area (TPSA) is 26.8 Å². The van der Waals surface area contributed by atoms with Crippen LogP contribution in [0, 0.1) is 0 Å². The minimum absolute atomic E-state index is 0.0993. The molecule has 21 heavy (non-hydrogen) atoms. The third-order valence-corrected chi connectivity index (χ3v) is 4.52. The molecule has 0 atom stereocenters. The molecule has 1 saturated heterocycles. The van der Waals surface area contributed by atoms with E-state index in [0.29, 0.717) is 0 Å². The lowest BCUT2D eigenvalue weighted by Gasteiger charge is -2.35. The van der Waals surface area contributed by atoms with Crippen molar-refractivity contribution in [3.63, 3.8) is 0 Å². The molecule has 2 fully saturated rings. The van der Waals surface area contributed by atoms with Crippen LogP contribution in [0.4, 0.5) is 0 Å². The van der Waals surface area contributed by atoms with Crippen molar-refractivity contribution < 1.29 is 4.79 Å². The third-order valence-electron chi connectivity index (χ3n) is 4.52. The van der Waals surface area contributed by atoms with Crippen LogP contribution in [-0.4, -0.2) is 66.9 Å². The average Bonchev–Trinajstić information content (AvgIpc) is 3.32. The van der Waals surface area contributed by atoms with Crippen molar-refractivity contribution in [1.82, 2.24) is 14.7 Å². The summed E-state index contributed by atoms with van der Waals surface area (Å²) in [5.41, 5.74) is 1.99. The number of nitrogens with zero attached hydrogens (tertiary/aromatic N) is 3. The number of amides is 1. The Morgan fingerprint density at radius 3 is 2.43 bits per heavy atom. The minimum atomic E-state index is 0.0993. The van der Waals surface area contributed by atoms with Gasteiger partial charge in [-0.2, -0.15) is 0 Å². The fourth-order valence-electron chi connectivity index (χ4n) is 3.07. The highest BCUT2D eigenvalue weighted by molar-refractivity contribution is 5.95. The summed E-state index contributed by atoms with van der Waals surface area (Å²) in [5, 5.41) is 0. The maximum absolute atomic E-state index is 12.3. The summed E-state index contributed by atoms with van der Waals surface area (Å²) in [5.74, 6) is 0.0993. The van der Waals surface area contributed by atoms with Crippen LogP contribution in [-0.2, 0) is 6.54 Å². The van der Waals surface area contributed by atoms with E-state index in [1.54, 1.807) is 4.90 Å². The number of carbonyl (C=O) groups is 1. The quantitative estimate of drug-likeness (QED) is 0.843. The molecule has 0 spiro atoms. The van der Waals surface area contributed by atoms with Gasteiger partial charge in [0.2, 0.25) is 0 Å². The molecule has 1 saturated carbocycles. The van der Waals surface area contributed by atoms with Crippen LogP contribution < -0.4 is 0 Å². The molecule has 1 aromatic rings. The van der Waals surface area contributed by atoms with Gasteiger partial charge >= 0.3 is 0 Å². The highest BCUT2D eigenvalue weighted by Gasteiger charge is 2.31. The Kier molecular flexibility index (Phi) is 4.27. The van der Waals surface area contributed by atoms with Crippen LogP contribution in [0.1, 0.15) is 28.8 Å². The smallest absolute Gasteiger partial charge is 0.253 e. The normalized spacial score (nSPS) is 20.5. The largest absolute Gasteiger partial charge is 0.345 e. The van der Waals surface area contributed by atoms with Crippen molar-refractivity contribution in [2.45, 2.75) is 25.4 Å². The zero-order valence-electron chi connectivity index (χ0n) is 13.1. The second-order valence-electron chi connectivity index (χ2n) is 6.40. The number of carbonyl (C=O) groups excluding carboxylic acids is 1. The molecule has 4 heteroatoms. The predicted molar refractivity (Wildman–Crippen MR) is 84.3 cm³/mol. The lowest BCUT2D eigenvalue weighted by molar-refractivity contribution is 0.0823. The van der Waals surface area contributed by atoms with E-state index in [0.717, 1.165) is 36.8 Å². The Labute approximate surface area is 127 Å². The van der Waals surface area contributed by atoms with Crippen LogP contribution in [0.3, 0.4) is 0 Å². The number of rotatable bonds is 4. The summed E-state index contributed by atoms with van der Waals surface area (Å²) in [4.78, 5) is 19.0. The van der Waals surface area contributed by atoms with Crippen molar-refractivity contribution in [2.24, 2.45) is 0 Å². The van der Waals surface area contributed by atoms with Crippen molar-refractivity contribution in [3.05, 3.63) is 35.4 Å². The maximum Gasteiger partial charge on any atom is 0.253 e. The molecule has 0 aromatic heterocycles. The molecule has 4 nitrogen and oxygen atoms in total. The summed E-state index contributed by atoms with van der Waals surface area (Å²) < 4.78 is 0. The van der Waals surface area contributed by atoms with Gasteiger partial charge in [0.15, 0.2) is 0 Å². The Balaban J connectivity index is 1.63. The molecule has 0 bridgehead atoms. The van der Waals surface area contributed by atoms with E-state index in [-0.39, 0.29) is 5.91 Å². The number of hydrogen-bond acceptors (Lipinski definition) is 3. The van der Waals surface area contributed by atoms with Gasteiger partial charge < -0.3 is 4.90 Å². The first kappa shape index (κ1) is 14.5. The van der Waals surface area contributed by atoms with E-state index in [1.807, 2.05) is 32.3 Å². The molecule has 1 aromatic carbocycles. The van der Waals surface area contributed by atoms with Crippen molar-refractivity contribution in [2.75, 3.05) is 40.3 Å². The monoisotopic (exact) mass is 287 g/mol. The Morgan fingerprint density at radius 2 is 1.81 bits per heavy atom. The standard InChI is InChI=1S/C17H25N3O/c1-18(2)17(21)16-6-4-3-5-14(16)13-19-9-11-20(12-10-19)15-7-8-15/h3-6,15H,7-13H2,1-2H3.